The number of hydrogen-bond acceptors (Lipinski definition) is 6. The highest BCUT2D eigenvalue weighted by Gasteiger charge is 2.80. The van der Waals surface area contributed by atoms with Crippen molar-refractivity contribution < 1.29 is 29.6 Å². The summed E-state index contributed by atoms with van der Waals surface area (Å²) in [6.07, 6.45) is 2.34. The Bertz CT molecular complexity index is 707. The molecule has 2 saturated heterocycles. The Labute approximate surface area is 166 Å². The van der Waals surface area contributed by atoms with Gasteiger partial charge in [0.1, 0.15) is 11.7 Å². The van der Waals surface area contributed by atoms with Crippen LogP contribution in [0.15, 0.2) is 0 Å². The predicted molar refractivity (Wildman–Crippen MR) is 100 cm³/mol. The molecule has 6 fully saturated rings. The van der Waals surface area contributed by atoms with Crippen molar-refractivity contribution in [3.8, 4) is 0 Å². The third-order valence-corrected chi connectivity index (χ3v) is 9.73. The molecule has 10 atom stereocenters. The van der Waals surface area contributed by atoms with Crippen LogP contribution in [-0.4, -0.2) is 57.9 Å². The Balaban J connectivity index is 1.58. The summed E-state index contributed by atoms with van der Waals surface area (Å²) in [6.45, 7) is 7.77. The minimum absolute atomic E-state index is 0.0235. The standard InChI is InChI=1S/C22H34O6/c1-11(24)27-15-5-6-20(4)16(19(15,2)3)13(25)9-21-8-12-7-14(17(20)21)28-22(12,10-23)18(21)26/h12-18,23,25-26H,5-10H2,1-4H3/t12-,13+,14-,15+,16-,17+,18+,20-,21+,22+/m1/s1. The minimum Gasteiger partial charge on any atom is -0.462 e. The maximum Gasteiger partial charge on any atom is 0.302 e. The molecule has 6 heteroatoms. The number of hydrogen-bond donors (Lipinski definition) is 3. The summed E-state index contributed by atoms with van der Waals surface area (Å²) in [7, 11) is 0. The van der Waals surface area contributed by atoms with Crippen LogP contribution >= 0.6 is 0 Å². The average Bonchev–Trinajstić information content (AvgIpc) is 2.96. The van der Waals surface area contributed by atoms with Gasteiger partial charge in [-0.05, 0) is 55.3 Å². The lowest BCUT2D eigenvalue weighted by molar-refractivity contribution is -0.305. The zero-order chi connectivity index (χ0) is 20.3. The number of aliphatic hydroxyl groups is 3. The molecule has 4 bridgehead atoms. The van der Waals surface area contributed by atoms with Crippen molar-refractivity contribution >= 4 is 5.97 Å². The van der Waals surface area contributed by atoms with E-state index in [9.17, 15) is 20.1 Å². The molecule has 2 aliphatic heterocycles. The summed E-state index contributed by atoms with van der Waals surface area (Å²) >= 11 is 0. The van der Waals surface area contributed by atoms with Gasteiger partial charge in [0, 0.05) is 17.8 Å². The number of ether oxygens (including phenoxy) is 2. The second kappa shape index (κ2) is 5.51. The molecule has 158 valence electrons. The van der Waals surface area contributed by atoms with Gasteiger partial charge in [0.15, 0.2) is 0 Å². The highest BCUT2D eigenvalue weighted by Crippen LogP contribution is 2.76. The van der Waals surface area contributed by atoms with E-state index in [-0.39, 0.29) is 58.8 Å². The number of carbonyl (C=O) groups excluding carboxylic acids is 1. The Morgan fingerprint density at radius 1 is 1.18 bits per heavy atom. The molecule has 1 spiro atoms. The first kappa shape index (κ1) is 19.3. The normalized spacial score (nSPS) is 58.3. The van der Waals surface area contributed by atoms with Crippen molar-refractivity contribution in [1.82, 2.24) is 0 Å². The van der Waals surface area contributed by atoms with E-state index in [1.165, 1.54) is 6.92 Å². The summed E-state index contributed by atoms with van der Waals surface area (Å²) in [4.78, 5) is 11.7. The van der Waals surface area contributed by atoms with E-state index in [2.05, 4.69) is 20.8 Å². The lowest BCUT2D eigenvalue weighted by atomic mass is 9.39. The number of esters is 1. The Morgan fingerprint density at radius 2 is 1.89 bits per heavy atom. The predicted octanol–water partition coefficient (Wildman–Crippen LogP) is 1.64. The monoisotopic (exact) mass is 394 g/mol. The van der Waals surface area contributed by atoms with Crippen LogP contribution in [0, 0.1) is 34.0 Å². The molecule has 6 rings (SSSR count). The Hall–Kier alpha value is -0.690. The van der Waals surface area contributed by atoms with Crippen molar-refractivity contribution in [2.45, 2.75) is 89.8 Å². The fourth-order valence-electron chi connectivity index (χ4n) is 9.26. The van der Waals surface area contributed by atoms with Gasteiger partial charge in [-0.3, -0.25) is 4.79 Å². The number of aliphatic hydroxyl groups excluding tert-OH is 3. The summed E-state index contributed by atoms with van der Waals surface area (Å²) < 4.78 is 12.1. The second-order valence-electron chi connectivity index (χ2n) is 11.2. The summed E-state index contributed by atoms with van der Waals surface area (Å²) in [5.74, 6) is 0.0156. The van der Waals surface area contributed by atoms with Crippen molar-refractivity contribution in [1.29, 1.82) is 0 Å². The summed E-state index contributed by atoms with van der Waals surface area (Å²) in [5, 5.41) is 32.9. The smallest absolute Gasteiger partial charge is 0.302 e. The maximum atomic E-state index is 11.7. The molecular weight excluding hydrogens is 360 g/mol. The molecular formula is C22H34O6. The fourth-order valence-corrected chi connectivity index (χ4v) is 9.26. The SMILES string of the molecule is CC(=O)O[C@H]1CC[C@]2(C)[C@H]([C@@H](O)C[C@]34C[C@H]5C[C@@H](O[C@]5(CO)[C@H]3O)[C@@H]24)C1(C)C. The maximum absolute atomic E-state index is 11.7. The van der Waals surface area contributed by atoms with Crippen LogP contribution in [0.1, 0.15) is 59.8 Å². The highest BCUT2D eigenvalue weighted by atomic mass is 16.6. The number of rotatable bonds is 2. The molecule has 0 amide bonds. The largest absolute Gasteiger partial charge is 0.462 e. The molecule has 0 aromatic carbocycles. The van der Waals surface area contributed by atoms with Crippen molar-refractivity contribution in [3.63, 3.8) is 0 Å². The number of fused-ring (bicyclic) bond motifs is 1. The molecule has 0 radical (unpaired) electrons. The molecule has 4 saturated carbocycles. The van der Waals surface area contributed by atoms with Gasteiger partial charge in [-0.1, -0.05) is 20.8 Å². The molecule has 0 aromatic rings. The zero-order valence-electron chi connectivity index (χ0n) is 17.4. The van der Waals surface area contributed by atoms with Crippen LogP contribution in [0.4, 0.5) is 0 Å². The average molecular weight is 395 g/mol. The molecule has 0 aromatic heterocycles. The van der Waals surface area contributed by atoms with E-state index in [1.54, 1.807) is 0 Å². The van der Waals surface area contributed by atoms with Gasteiger partial charge in [-0.25, -0.2) is 0 Å². The third kappa shape index (κ3) is 1.96. The molecule has 3 N–H and O–H groups in total. The Morgan fingerprint density at radius 3 is 2.50 bits per heavy atom. The van der Waals surface area contributed by atoms with Crippen molar-refractivity contribution in [2.24, 2.45) is 34.0 Å². The minimum atomic E-state index is -0.839. The van der Waals surface area contributed by atoms with Crippen molar-refractivity contribution in [2.75, 3.05) is 6.61 Å². The van der Waals surface area contributed by atoms with E-state index in [4.69, 9.17) is 9.47 Å². The highest BCUT2D eigenvalue weighted by molar-refractivity contribution is 5.66. The van der Waals surface area contributed by atoms with Gasteiger partial charge in [0.05, 0.1) is 24.9 Å². The summed E-state index contributed by atoms with van der Waals surface area (Å²) in [6, 6.07) is 0. The quantitative estimate of drug-likeness (QED) is 0.616. The molecule has 4 aliphatic carbocycles. The van der Waals surface area contributed by atoms with Crippen LogP contribution in [0.2, 0.25) is 0 Å². The molecule has 6 aliphatic rings. The first-order valence-electron chi connectivity index (χ1n) is 10.8. The molecule has 0 unspecified atom stereocenters. The first-order valence-corrected chi connectivity index (χ1v) is 10.8. The van der Waals surface area contributed by atoms with Crippen molar-refractivity contribution in [3.05, 3.63) is 0 Å². The summed E-state index contributed by atoms with van der Waals surface area (Å²) in [5.41, 5.74) is -1.80. The van der Waals surface area contributed by atoms with Crippen LogP contribution < -0.4 is 0 Å². The van der Waals surface area contributed by atoms with Crippen LogP contribution in [0.3, 0.4) is 0 Å². The van der Waals surface area contributed by atoms with E-state index in [0.29, 0.717) is 6.42 Å². The Kier molecular flexibility index (Phi) is 3.79. The number of carbonyl (C=O) groups is 1. The second-order valence-corrected chi connectivity index (χ2v) is 11.2. The first-order chi connectivity index (χ1) is 13.0. The van der Waals surface area contributed by atoms with Crippen LogP contribution in [0.5, 0.6) is 0 Å². The third-order valence-electron chi connectivity index (χ3n) is 9.73. The van der Waals surface area contributed by atoms with Crippen LogP contribution in [-0.2, 0) is 14.3 Å². The van der Waals surface area contributed by atoms with Gasteiger partial charge >= 0.3 is 5.97 Å². The molecule has 6 nitrogen and oxygen atoms in total. The topological polar surface area (TPSA) is 96.2 Å². The van der Waals surface area contributed by atoms with Crippen LogP contribution in [0.25, 0.3) is 0 Å². The fraction of sp³-hybridized carbons (Fsp3) is 0.955. The van der Waals surface area contributed by atoms with Gasteiger partial charge in [-0.2, -0.15) is 0 Å². The van der Waals surface area contributed by atoms with E-state index >= 15 is 0 Å². The molecule has 28 heavy (non-hydrogen) atoms. The zero-order valence-corrected chi connectivity index (χ0v) is 17.4. The van der Waals surface area contributed by atoms with E-state index in [0.717, 1.165) is 25.7 Å². The van der Waals surface area contributed by atoms with Gasteiger partial charge in [0.25, 0.3) is 0 Å². The van der Waals surface area contributed by atoms with E-state index < -0.39 is 17.8 Å². The lowest BCUT2D eigenvalue weighted by Crippen LogP contribution is -2.71. The van der Waals surface area contributed by atoms with Gasteiger partial charge < -0.3 is 24.8 Å². The lowest BCUT2D eigenvalue weighted by Gasteiger charge is -2.68. The van der Waals surface area contributed by atoms with E-state index in [1.807, 2.05) is 0 Å². The molecule has 2 heterocycles. The van der Waals surface area contributed by atoms with Gasteiger partial charge in [0.2, 0.25) is 0 Å². The van der Waals surface area contributed by atoms with Gasteiger partial charge in [-0.15, -0.1) is 0 Å².